The number of aromatic nitrogens is 1. The molecule has 1 saturated heterocycles. The molecule has 2 aliphatic rings. The van der Waals surface area contributed by atoms with Gasteiger partial charge in [0.05, 0.1) is 23.4 Å². The van der Waals surface area contributed by atoms with E-state index < -0.39 is 0 Å². The van der Waals surface area contributed by atoms with Gasteiger partial charge in [-0.25, -0.2) is 4.98 Å². The van der Waals surface area contributed by atoms with Gasteiger partial charge in [-0.2, -0.15) is 5.01 Å². The van der Waals surface area contributed by atoms with Crippen molar-refractivity contribution >= 4 is 38.3 Å². The van der Waals surface area contributed by atoms with Crippen LogP contribution in [0.5, 0.6) is 0 Å². The van der Waals surface area contributed by atoms with Gasteiger partial charge in [0.1, 0.15) is 6.17 Å². The van der Waals surface area contributed by atoms with Crippen LogP contribution in [0.2, 0.25) is 5.02 Å². The Hall–Kier alpha value is -1.96. The summed E-state index contributed by atoms with van der Waals surface area (Å²) in [6.07, 6.45) is 2.39. The number of anilines is 1. The molecule has 7 heteroatoms. The summed E-state index contributed by atoms with van der Waals surface area (Å²) in [6, 6.07) is 16.4. The molecule has 1 atom stereocenters. The molecule has 5 rings (SSSR count). The number of ether oxygens (including phenoxy) is 1. The van der Waals surface area contributed by atoms with E-state index in [2.05, 4.69) is 52.3 Å². The summed E-state index contributed by atoms with van der Waals surface area (Å²) in [6.45, 7) is 6.29. The lowest BCUT2D eigenvalue weighted by Gasteiger charge is -2.40. The summed E-state index contributed by atoms with van der Waals surface area (Å²) in [5, 5.41) is 6.36. The molecule has 150 valence electrons. The maximum atomic E-state index is 6.52. The van der Waals surface area contributed by atoms with Gasteiger partial charge in [-0.15, -0.1) is 0 Å². The third-order valence-corrected chi connectivity index (χ3v) is 6.85. The summed E-state index contributed by atoms with van der Waals surface area (Å²) in [7, 11) is 0. The van der Waals surface area contributed by atoms with Gasteiger partial charge in [0, 0.05) is 30.9 Å². The van der Waals surface area contributed by atoms with Crippen LogP contribution in [0.15, 0.2) is 60.3 Å². The average Bonchev–Trinajstić information content (AvgIpc) is 3.31. The number of hydrogen-bond acceptors (Lipinski definition) is 6. The van der Waals surface area contributed by atoms with Gasteiger partial charge in [0.25, 0.3) is 0 Å². The molecule has 3 heterocycles. The number of morpholine rings is 1. The van der Waals surface area contributed by atoms with E-state index in [1.165, 1.54) is 10.3 Å². The minimum Gasteiger partial charge on any atom is -0.379 e. The molecular formula is C22H23ClN4OS. The highest BCUT2D eigenvalue weighted by Crippen LogP contribution is 2.37. The van der Waals surface area contributed by atoms with E-state index >= 15 is 0 Å². The van der Waals surface area contributed by atoms with Gasteiger partial charge in [0.15, 0.2) is 0 Å². The normalized spacial score (nSPS) is 21.1. The summed E-state index contributed by atoms with van der Waals surface area (Å²) >= 11 is 8.24. The zero-order chi connectivity index (χ0) is 19.8. The fraction of sp³-hybridized carbons (Fsp3) is 0.318. The van der Waals surface area contributed by atoms with Crippen LogP contribution in [0.3, 0.4) is 0 Å². The second kappa shape index (κ2) is 8.05. The topological polar surface area (TPSA) is 31.8 Å². The van der Waals surface area contributed by atoms with Crippen LogP contribution in [-0.4, -0.2) is 47.4 Å². The van der Waals surface area contributed by atoms with Crippen molar-refractivity contribution in [2.75, 3.05) is 31.3 Å². The van der Waals surface area contributed by atoms with Crippen molar-refractivity contribution in [1.29, 1.82) is 0 Å². The molecule has 0 bridgehead atoms. The fourth-order valence-electron chi connectivity index (χ4n) is 4.07. The molecule has 1 aromatic heterocycles. The number of rotatable bonds is 4. The van der Waals surface area contributed by atoms with Crippen LogP contribution in [0.4, 0.5) is 5.13 Å². The second-order valence-electron chi connectivity index (χ2n) is 7.39. The van der Waals surface area contributed by atoms with Gasteiger partial charge in [-0.1, -0.05) is 53.3 Å². The first-order valence-electron chi connectivity index (χ1n) is 9.85. The largest absolute Gasteiger partial charge is 0.379 e. The fourth-order valence-corrected chi connectivity index (χ4v) is 5.22. The molecule has 0 radical (unpaired) electrons. The van der Waals surface area contributed by atoms with E-state index in [-0.39, 0.29) is 6.17 Å². The SMILES string of the molecule is CC1=CN(c2nc3ccccc3s2)N(Cc2ccccc2Cl)C1N1CCOCC1. The average molecular weight is 427 g/mol. The van der Waals surface area contributed by atoms with Crippen molar-refractivity contribution < 1.29 is 4.74 Å². The zero-order valence-corrected chi connectivity index (χ0v) is 17.9. The highest BCUT2D eigenvalue weighted by Gasteiger charge is 2.38. The maximum absolute atomic E-state index is 6.52. The number of benzene rings is 2. The molecule has 2 aromatic carbocycles. The lowest BCUT2D eigenvalue weighted by molar-refractivity contribution is -0.0170. The Labute approximate surface area is 179 Å². The molecule has 0 spiro atoms. The van der Waals surface area contributed by atoms with Crippen molar-refractivity contribution in [1.82, 2.24) is 14.9 Å². The first-order chi connectivity index (χ1) is 14.2. The zero-order valence-electron chi connectivity index (χ0n) is 16.3. The molecule has 1 fully saturated rings. The van der Waals surface area contributed by atoms with Gasteiger partial charge in [0.2, 0.25) is 5.13 Å². The van der Waals surface area contributed by atoms with Gasteiger partial charge in [-0.3, -0.25) is 9.91 Å². The molecule has 29 heavy (non-hydrogen) atoms. The van der Waals surface area contributed by atoms with E-state index in [1.807, 2.05) is 24.3 Å². The minimum absolute atomic E-state index is 0.169. The summed E-state index contributed by atoms with van der Waals surface area (Å²) < 4.78 is 6.79. The number of thiazole rings is 1. The Kier molecular flexibility index (Phi) is 5.28. The maximum Gasteiger partial charge on any atom is 0.205 e. The second-order valence-corrected chi connectivity index (χ2v) is 8.81. The predicted molar refractivity (Wildman–Crippen MR) is 119 cm³/mol. The minimum atomic E-state index is 0.169. The van der Waals surface area contributed by atoms with Crippen molar-refractivity contribution in [3.05, 3.63) is 70.9 Å². The molecule has 0 saturated carbocycles. The number of para-hydroxylation sites is 1. The Morgan fingerprint density at radius 2 is 1.86 bits per heavy atom. The van der Waals surface area contributed by atoms with Crippen LogP contribution < -0.4 is 5.01 Å². The highest BCUT2D eigenvalue weighted by atomic mass is 35.5. The number of fused-ring (bicyclic) bond motifs is 1. The molecule has 5 nitrogen and oxygen atoms in total. The van der Waals surface area contributed by atoms with E-state index in [0.29, 0.717) is 6.54 Å². The Bertz CT molecular complexity index is 1010. The van der Waals surface area contributed by atoms with E-state index in [9.17, 15) is 0 Å². The molecule has 0 amide bonds. The monoisotopic (exact) mass is 426 g/mol. The van der Waals surface area contributed by atoms with Crippen molar-refractivity contribution in [2.24, 2.45) is 0 Å². The molecule has 0 N–H and O–H groups in total. The van der Waals surface area contributed by atoms with Gasteiger partial charge in [-0.05, 0) is 36.3 Å². The Morgan fingerprint density at radius 3 is 2.66 bits per heavy atom. The number of halogens is 1. The van der Waals surface area contributed by atoms with E-state index in [0.717, 1.165) is 47.5 Å². The lowest BCUT2D eigenvalue weighted by Crippen LogP contribution is -2.53. The van der Waals surface area contributed by atoms with Crippen LogP contribution in [0.1, 0.15) is 12.5 Å². The van der Waals surface area contributed by atoms with E-state index in [1.54, 1.807) is 11.3 Å². The standard InChI is InChI=1S/C22H23ClN4OS/c1-16-14-27(22-24-19-8-4-5-9-20(19)29-22)26(15-17-6-2-3-7-18(17)23)21(16)25-10-12-28-13-11-25/h2-9,14,21H,10-13,15H2,1H3. The molecule has 3 aromatic rings. The molecular weight excluding hydrogens is 404 g/mol. The number of hydrazine groups is 1. The van der Waals surface area contributed by atoms with Crippen molar-refractivity contribution in [2.45, 2.75) is 19.6 Å². The third kappa shape index (κ3) is 3.67. The molecule has 0 aliphatic carbocycles. The number of nitrogens with zero attached hydrogens (tertiary/aromatic N) is 4. The molecule has 2 aliphatic heterocycles. The third-order valence-electron chi connectivity index (χ3n) is 5.45. The lowest BCUT2D eigenvalue weighted by atomic mass is 10.2. The van der Waals surface area contributed by atoms with Crippen molar-refractivity contribution in [3.8, 4) is 0 Å². The van der Waals surface area contributed by atoms with E-state index in [4.69, 9.17) is 21.3 Å². The first-order valence-corrected chi connectivity index (χ1v) is 11.0. The van der Waals surface area contributed by atoms with Crippen LogP contribution in [-0.2, 0) is 11.3 Å². The van der Waals surface area contributed by atoms with Crippen LogP contribution in [0.25, 0.3) is 10.2 Å². The quantitative estimate of drug-likeness (QED) is 0.601. The molecule has 1 unspecified atom stereocenters. The predicted octanol–water partition coefficient (Wildman–Crippen LogP) is 4.75. The Balaban J connectivity index is 1.53. The first kappa shape index (κ1) is 19.0. The van der Waals surface area contributed by atoms with Crippen molar-refractivity contribution in [3.63, 3.8) is 0 Å². The van der Waals surface area contributed by atoms with Gasteiger partial charge >= 0.3 is 0 Å². The Morgan fingerprint density at radius 1 is 1.10 bits per heavy atom. The summed E-state index contributed by atoms with van der Waals surface area (Å²) in [5.41, 5.74) is 3.45. The van der Waals surface area contributed by atoms with Gasteiger partial charge < -0.3 is 4.74 Å². The summed E-state index contributed by atoms with van der Waals surface area (Å²) in [4.78, 5) is 7.39. The number of hydrogen-bond donors (Lipinski definition) is 0. The van der Waals surface area contributed by atoms with Crippen LogP contribution in [0, 0.1) is 0 Å². The van der Waals surface area contributed by atoms with Crippen LogP contribution >= 0.6 is 22.9 Å². The summed E-state index contributed by atoms with van der Waals surface area (Å²) in [5.74, 6) is 0. The smallest absolute Gasteiger partial charge is 0.205 e. The highest BCUT2D eigenvalue weighted by molar-refractivity contribution is 7.22.